The molecule has 0 aliphatic heterocycles. The maximum atomic E-state index is 11.0. The van der Waals surface area contributed by atoms with Crippen LogP contribution in [0.25, 0.3) is 0 Å². The molecule has 0 atom stereocenters. The SMILES string of the molecule is [O]C(F)(F)OCC(F)F. The standard InChI is InChI=1S/C3H3F4O2/c4-2(5)1-9-3(6,7)8/h2H,1H2. The zero-order chi connectivity index (χ0) is 7.49. The van der Waals surface area contributed by atoms with Gasteiger partial charge in [0.2, 0.25) is 0 Å². The van der Waals surface area contributed by atoms with Crippen molar-refractivity contribution in [2.45, 2.75) is 12.7 Å². The maximum absolute atomic E-state index is 11.0. The monoisotopic (exact) mass is 147 g/mol. The van der Waals surface area contributed by atoms with Gasteiger partial charge in [0.15, 0.2) is 0 Å². The van der Waals surface area contributed by atoms with Gasteiger partial charge in [0.05, 0.1) is 0 Å². The Morgan fingerprint density at radius 1 is 1.44 bits per heavy atom. The molecule has 0 bridgehead atoms. The molecule has 0 aromatic carbocycles. The highest BCUT2D eigenvalue weighted by molar-refractivity contribution is 4.33. The summed E-state index contributed by atoms with van der Waals surface area (Å²) in [4.78, 5) is 0. The lowest BCUT2D eigenvalue weighted by molar-refractivity contribution is -0.405. The smallest absolute Gasteiger partial charge is 0.288 e. The lowest BCUT2D eigenvalue weighted by Gasteiger charge is -2.05. The van der Waals surface area contributed by atoms with Crippen LogP contribution in [-0.4, -0.2) is 19.3 Å². The van der Waals surface area contributed by atoms with Crippen molar-refractivity contribution in [2.24, 2.45) is 0 Å². The van der Waals surface area contributed by atoms with E-state index < -0.39 is 19.3 Å². The van der Waals surface area contributed by atoms with Crippen molar-refractivity contribution in [1.82, 2.24) is 0 Å². The third-order valence-electron chi connectivity index (χ3n) is 0.377. The van der Waals surface area contributed by atoms with E-state index in [1.807, 2.05) is 0 Å². The van der Waals surface area contributed by atoms with Crippen LogP contribution >= 0.6 is 0 Å². The fourth-order valence-electron chi connectivity index (χ4n) is 0.160. The second kappa shape index (κ2) is 2.98. The molecule has 0 rings (SSSR count). The van der Waals surface area contributed by atoms with Crippen LogP contribution in [0, 0.1) is 0 Å². The van der Waals surface area contributed by atoms with Gasteiger partial charge in [-0.25, -0.2) is 8.78 Å². The van der Waals surface area contributed by atoms with E-state index in [9.17, 15) is 17.6 Å². The van der Waals surface area contributed by atoms with E-state index in [-0.39, 0.29) is 0 Å². The van der Waals surface area contributed by atoms with Gasteiger partial charge in [-0.1, -0.05) is 0 Å². The van der Waals surface area contributed by atoms with Crippen molar-refractivity contribution in [3.63, 3.8) is 0 Å². The van der Waals surface area contributed by atoms with Crippen LogP contribution in [-0.2, 0) is 9.84 Å². The summed E-state index contributed by atoms with van der Waals surface area (Å²) in [6.45, 7) is -1.53. The summed E-state index contributed by atoms with van der Waals surface area (Å²) in [5, 5.41) is 9.12. The third-order valence-corrected chi connectivity index (χ3v) is 0.377. The molecule has 0 amide bonds. The normalized spacial score (nSPS) is 12.7. The van der Waals surface area contributed by atoms with E-state index in [1.54, 1.807) is 0 Å². The number of rotatable bonds is 3. The first-order chi connectivity index (χ1) is 3.92. The molecule has 0 aromatic rings. The molecule has 1 radical (unpaired) electrons. The Balaban J connectivity index is 3.28. The predicted molar refractivity (Wildman–Crippen MR) is 17.6 cm³/mol. The Bertz CT molecular complexity index is 78.4. The first-order valence-electron chi connectivity index (χ1n) is 1.92. The van der Waals surface area contributed by atoms with Gasteiger partial charge in [-0.2, -0.15) is 0 Å². The van der Waals surface area contributed by atoms with Crippen LogP contribution < -0.4 is 0 Å². The fraction of sp³-hybridized carbons (Fsp3) is 1.00. The molecule has 0 aromatic heterocycles. The first-order valence-corrected chi connectivity index (χ1v) is 1.92. The molecule has 0 unspecified atom stereocenters. The van der Waals surface area contributed by atoms with E-state index >= 15 is 0 Å². The second-order valence-electron chi connectivity index (χ2n) is 1.17. The molecule has 2 nitrogen and oxygen atoms in total. The molecule has 0 saturated heterocycles. The summed E-state index contributed by atoms with van der Waals surface area (Å²) >= 11 is 0. The third kappa shape index (κ3) is 7.64. The van der Waals surface area contributed by atoms with Crippen LogP contribution in [0.15, 0.2) is 0 Å². The lowest BCUT2D eigenvalue weighted by Crippen LogP contribution is -2.21. The Morgan fingerprint density at radius 3 is 2.00 bits per heavy atom. The minimum Gasteiger partial charge on any atom is -0.288 e. The van der Waals surface area contributed by atoms with Crippen molar-refractivity contribution < 1.29 is 27.4 Å². The summed E-state index contributed by atoms with van der Waals surface area (Å²) in [5.74, 6) is 0. The molecule has 55 valence electrons. The number of halogens is 4. The topological polar surface area (TPSA) is 29.1 Å². The summed E-state index contributed by atoms with van der Waals surface area (Å²) < 4.78 is 46.7. The Kier molecular flexibility index (Phi) is 2.86. The Morgan fingerprint density at radius 2 is 1.89 bits per heavy atom. The largest absolute Gasteiger partial charge is 0.512 e. The van der Waals surface area contributed by atoms with Crippen molar-refractivity contribution in [2.75, 3.05) is 6.61 Å². The molecule has 0 fully saturated rings. The predicted octanol–water partition coefficient (Wildman–Crippen LogP) is 1.25. The molecular weight excluding hydrogens is 144 g/mol. The summed E-state index contributed by atoms with van der Waals surface area (Å²) in [6.07, 6.45) is -7.74. The number of hydrogen-bond donors (Lipinski definition) is 0. The number of alkyl halides is 4. The number of ether oxygens (including phenoxy) is 1. The van der Waals surface area contributed by atoms with Gasteiger partial charge in [-0.15, -0.1) is 13.9 Å². The van der Waals surface area contributed by atoms with Gasteiger partial charge in [0, 0.05) is 0 Å². The highest BCUT2D eigenvalue weighted by Gasteiger charge is 2.29. The molecule has 6 heteroatoms. The second-order valence-corrected chi connectivity index (χ2v) is 1.17. The molecule has 0 spiro atoms. The molecular formula is C3H3F4O2. The zero-order valence-electron chi connectivity index (χ0n) is 4.11. The van der Waals surface area contributed by atoms with Crippen LogP contribution in [0.1, 0.15) is 0 Å². The summed E-state index contributed by atoms with van der Waals surface area (Å²) in [5.41, 5.74) is 0. The number of hydrogen-bond acceptors (Lipinski definition) is 1. The van der Waals surface area contributed by atoms with Gasteiger partial charge in [0.25, 0.3) is 6.43 Å². The van der Waals surface area contributed by atoms with E-state index in [0.717, 1.165) is 0 Å². The van der Waals surface area contributed by atoms with Gasteiger partial charge in [-0.05, 0) is 0 Å². The van der Waals surface area contributed by atoms with Crippen molar-refractivity contribution in [1.29, 1.82) is 0 Å². The maximum Gasteiger partial charge on any atom is 0.512 e. The molecule has 0 aliphatic carbocycles. The van der Waals surface area contributed by atoms with Crippen LogP contribution in [0.4, 0.5) is 17.6 Å². The Hall–Kier alpha value is -0.360. The quantitative estimate of drug-likeness (QED) is 0.436. The average molecular weight is 147 g/mol. The van der Waals surface area contributed by atoms with Gasteiger partial charge >= 0.3 is 6.29 Å². The molecule has 0 N–H and O–H groups in total. The van der Waals surface area contributed by atoms with Crippen molar-refractivity contribution in [3.05, 3.63) is 0 Å². The summed E-state index contributed by atoms with van der Waals surface area (Å²) in [6, 6.07) is 0. The zero-order valence-corrected chi connectivity index (χ0v) is 4.11. The van der Waals surface area contributed by atoms with Crippen molar-refractivity contribution in [3.8, 4) is 0 Å². The minimum atomic E-state index is -4.70. The van der Waals surface area contributed by atoms with Crippen LogP contribution in [0.3, 0.4) is 0 Å². The molecule has 0 heterocycles. The average Bonchev–Trinajstić information content (AvgIpc) is 1.59. The molecule has 9 heavy (non-hydrogen) atoms. The molecule has 0 aliphatic rings. The highest BCUT2D eigenvalue weighted by atomic mass is 19.3. The van der Waals surface area contributed by atoms with E-state index in [0.29, 0.717) is 0 Å². The van der Waals surface area contributed by atoms with Gasteiger partial charge in [0.1, 0.15) is 6.61 Å². The minimum absolute atomic E-state index is 1.53. The molecule has 0 saturated carbocycles. The van der Waals surface area contributed by atoms with Crippen LogP contribution in [0.5, 0.6) is 0 Å². The van der Waals surface area contributed by atoms with E-state index in [4.69, 9.17) is 5.11 Å². The van der Waals surface area contributed by atoms with Crippen molar-refractivity contribution >= 4 is 0 Å². The Labute approximate surface area is 48.0 Å². The van der Waals surface area contributed by atoms with E-state index in [2.05, 4.69) is 4.74 Å². The van der Waals surface area contributed by atoms with Gasteiger partial charge in [-0.3, -0.25) is 4.74 Å². The van der Waals surface area contributed by atoms with Crippen LogP contribution in [0.2, 0.25) is 0 Å². The first kappa shape index (κ1) is 8.64. The fourth-order valence-corrected chi connectivity index (χ4v) is 0.160. The highest BCUT2D eigenvalue weighted by Crippen LogP contribution is 2.11. The lowest BCUT2D eigenvalue weighted by atomic mass is 10.8. The van der Waals surface area contributed by atoms with E-state index in [1.165, 1.54) is 0 Å². The summed E-state index contributed by atoms with van der Waals surface area (Å²) in [7, 11) is 0. The van der Waals surface area contributed by atoms with Gasteiger partial charge < -0.3 is 0 Å².